The number of aromatic nitrogens is 1. The summed E-state index contributed by atoms with van der Waals surface area (Å²) in [5, 5.41) is 13.4. The van der Waals surface area contributed by atoms with Gasteiger partial charge in [-0.2, -0.15) is 0 Å². The number of anilines is 1. The van der Waals surface area contributed by atoms with Crippen molar-refractivity contribution in [2.24, 2.45) is 0 Å². The second kappa shape index (κ2) is 5.35. The first-order valence-electron chi connectivity index (χ1n) is 5.74. The van der Waals surface area contributed by atoms with Crippen LogP contribution in [0.15, 0.2) is 41.2 Å². The third kappa shape index (κ3) is 2.72. The minimum atomic E-state index is -0.536. The fourth-order valence-corrected chi connectivity index (χ4v) is 1.73. The Bertz CT molecular complexity index is 736. The summed E-state index contributed by atoms with van der Waals surface area (Å²) in [6.07, 6.45) is 0. The second-order valence-electron chi connectivity index (χ2n) is 4.09. The molecule has 7 heteroatoms. The largest absolute Gasteiger partial charge is 0.320 e. The van der Waals surface area contributed by atoms with Gasteiger partial charge < -0.3 is 10.3 Å². The van der Waals surface area contributed by atoms with Crippen LogP contribution in [0.5, 0.6) is 0 Å². The summed E-state index contributed by atoms with van der Waals surface area (Å²) in [5.74, 6) is -0.536. The molecule has 7 nitrogen and oxygen atoms in total. The van der Waals surface area contributed by atoms with Gasteiger partial charge in [0.05, 0.1) is 16.2 Å². The van der Waals surface area contributed by atoms with Crippen LogP contribution in [0.25, 0.3) is 0 Å². The number of hydrogen-bond acceptors (Lipinski definition) is 4. The minimum absolute atomic E-state index is 0.0793. The van der Waals surface area contributed by atoms with E-state index in [1.807, 2.05) is 0 Å². The molecule has 1 aromatic heterocycles. The highest BCUT2D eigenvalue weighted by Gasteiger charge is 2.15. The van der Waals surface area contributed by atoms with Crippen LogP contribution in [0.2, 0.25) is 0 Å². The van der Waals surface area contributed by atoms with Crippen LogP contribution >= 0.6 is 0 Å². The molecule has 0 aliphatic rings. The van der Waals surface area contributed by atoms with E-state index in [1.165, 1.54) is 30.3 Å². The number of nitrogens with one attached hydrogen (secondary N) is 2. The lowest BCUT2D eigenvalue weighted by atomic mass is 10.1. The molecular weight excluding hydrogens is 262 g/mol. The van der Waals surface area contributed by atoms with Gasteiger partial charge in [0, 0.05) is 12.1 Å². The maximum absolute atomic E-state index is 11.9. The molecule has 2 rings (SSSR count). The van der Waals surface area contributed by atoms with Crippen molar-refractivity contribution < 1.29 is 9.72 Å². The lowest BCUT2D eigenvalue weighted by molar-refractivity contribution is -0.385. The van der Waals surface area contributed by atoms with Crippen molar-refractivity contribution in [3.63, 3.8) is 0 Å². The van der Waals surface area contributed by atoms with Gasteiger partial charge in [0.1, 0.15) is 5.69 Å². The van der Waals surface area contributed by atoms with Gasteiger partial charge in [-0.25, -0.2) is 0 Å². The maximum Gasteiger partial charge on any atom is 0.274 e. The molecule has 102 valence electrons. The van der Waals surface area contributed by atoms with Crippen molar-refractivity contribution in [3.05, 3.63) is 68.1 Å². The van der Waals surface area contributed by atoms with E-state index in [-0.39, 0.29) is 11.4 Å². The molecule has 0 bridgehead atoms. The Morgan fingerprint density at radius 2 is 1.95 bits per heavy atom. The number of nitro benzene ring substituents is 1. The van der Waals surface area contributed by atoms with Gasteiger partial charge in [-0.05, 0) is 19.1 Å². The van der Waals surface area contributed by atoms with Crippen LogP contribution in [0.1, 0.15) is 16.1 Å². The Labute approximate surface area is 113 Å². The van der Waals surface area contributed by atoms with E-state index in [1.54, 1.807) is 13.0 Å². The zero-order chi connectivity index (χ0) is 14.7. The summed E-state index contributed by atoms with van der Waals surface area (Å²) in [6.45, 7) is 1.54. The predicted molar refractivity (Wildman–Crippen MR) is 72.8 cm³/mol. The second-order valence-corrected chi connectivity index (χ2v) is 4.09. The molecule has 20 heavy (non-hydrogen) atoms. The number of benzene rings is 1. The summed E-state index contributed by atoms with van der Waals surface area (Å²) in [7, 11) is 0. The van der Waals surface area contributed by atoms with E-state index in [0.29, 0.717) is 11.3 Å². The molecule has 2 aromatic rings. The van der Waals surface area contributed by atoms with Gasteiger partial charge in [0.15, 0.2) is 0 Å². The molecule has 0 aliphatic carbocycles. The topological polar surface area (TPSA) is 105 Å². The third-order valence-corrected chi connectivity index (χ3v) is 2.76. The number of nitro groups is 1. The molecule has 0 saturated carbocycles. The maximum atomic E-state index is 11.9. The van der Waals surface area contributed by atoms with Crippen molar-refractivity contribution in [1.82, 2.24) is 4.98 Å². The third-order valence-electron chi connectivity index (χ3n) is 2.76. The summed E-state index contributed by atoms with van der Waals surface area (Å²) in [6, 6.07) is 8.58. The Kier molecular flexibility index (Phi) is 3.60. The number of nitrogens with zero attached hydrogens (tertiary/aromatic N) is 1. The predicted octanol–water partition coefficient (Wildman–Crippen LogP) is 1.84. The highest BCUT2D eigenvalue weighted by atomic mass is 16.6. The Morgan fingerprint density at radius 3 is 2.60 bits per heavy atom. The Morgan fingerprint density at radius 1 is 1.25 bits per heavy atom. The first-order valence-corrected chi connectivity index (χ1v) is 5.74. The minimum Gasteiger partial charge on any atom is -0.320 e. The van der Waals surface area contributed by atoms with Crippen molar-refractivity contribution in [2.45, 2.75) is 6.92 Å². The van der Waals surface area contributed by atoms with Crippen LogP contribution in [0.4, 0.5) is 11.4 Å². The molecule has 0 saturated heterocycles. The number of carbonyl (C=O) groups excluding carboxylic acids is 1. The summed E-state index contributed by atoms with van der Waals surface area (Å²) >= 11 is 0. The summed E-state index contributed by atoms with van der Waals surface area (Å²) < 4.78 is 0. The monoisotopic (exact) mass is 273 g/mol. The van der Waals surface area contributed by atoms with Gasteiger partial charge in [0.2, 0.25) is 5.56 Å². The van der Waals surface area contributed by atoms with Gasteiger partial charge in [0.25, 0.3) is 11.6 Å². The van der Waals surface area contributed by atoms with Gasteiger partial charge in [-0.1, -0.05) is 12.1 Å². The number of rotatable bonds is 3. The molecule has 0 aliphatic heterocycles. The molecule has 0 atom stereocenters. The first-order chi connectivity index (χ1) is 9.49. The smallest absolute Gasteiger partial charge is 0.274 e. The van der Waals surface area contributed by atoms with Gasteiger partial charge in [-0.15, -0.1) is 0 Å². The fourth-order valence-electron chi connectivity index (χ4n) is 1.73. The number of pyridine rings is 1. The molecular formula is C13H11N3O4. The van der Waals surface area contributed by atoms with Crippen LogP contribution < -0.4 is 10.9 Å². The molecule has 1 amide bonds. The lowest BCUT2D eigenvalue weighted by Crippen LogP contribution is -2.18. The van der Waals surface area contributed by atoms with E-state index in [0.717, 1.165) is 0 Å². The summed E-state index contributed by atoms with van der Waals surface area (Å²) in [5.41, 5.74) is 0.291. The molecule has 0 unspecified atom stereocenters. The van der Waals surface area contributed by atoms with E-state index in [4.69, 9.17) is 0 Å². The zero-order valence-electron chi connectivity index (χ0n) is 10.5. The molecule has 1 aromatic carbocycles. The van der Waals surface area contributed by atoms with E-state index < -0.39 is 16.4 Å². The van der Waals surface area contributed by atoms with E-state index >= 15 is 0 Å². The van der Waals surface area contributed by atoms with E-state index in [9.17, 15) is 19.7 Å². The standard InChI is InChI=1S/C13H11N3O4/c1-8-9(4-2-6-11(8)16(19)20)15-13(18)10-5-3-7-12(17)14-10/h2-7H,1H3,(H,14,17)(H,15,18). The molecule has 0 fully saturated rings. The first kappa shape index (κ1) is 13.5. The Balaban J connectivity index is 2.31. The molecule has 2 N–H and O–H groups in total. The van der Waals surface area contributed by atoms with Crippen LogP contribution in [0.3, 0.4) is 0 Å². The Hall–Kier alpha value is -2.96. The van der Waals surface area contributed by atoms with Crippen LogP contribution in [0, 0.1) is 17.0 Å². The fraction of sp³-hybridized carbons (Fsp3) is 0.0769. The van der Waals surface area contributed by atoms with Gasteiger partial charge >= 0.3 is 0 Å². The zero-order valence-corrected chi connectivity index (χ0v) is 10.5. The normalized spacial score (nSPS) is 10.1. The van der Waals surface area contributed by atoms with Crippen LogP contribution in [-0.2, 0) is 0 Å². The van der Waals surface area contributed by atoms with Crippen LogP contribution in [-0.4, -0.2) is 15.8 Å². The number of aromatic amines is 1. The quantitative estimate of drug-likeness (QED) is 0.657. The average molecular weight is 273 g/mol. The molecule has 0 spiro atoms. The van der Waals surface area contributed by atoms with Crippen molar-refractivity contribution in [1.29, 1.82) is 0 Å². The molecule has 1 heterocycles. The van der Waals surface area contributed by atoms with E-state index in [2.05, 4.69) is 10.3 Å². The number of H-pyrrole nitrogens is 1. The summed E-state index contributed by atoms with van der Waals surface area (Å²) in [4.78, 5) is 35.8. The highest BCUT2D eigenvalue weighted by molar-refractivity contribution is 6.03. The lowest BCUT2D eigenvalue weighted by Gasteiger charge is -2.08. The van der Waals surface area contributed by atoms with Gasteiger partial charge in [-0.3, -0.25) is 19.7 Å². The van der Waals surface area contributed by atoms with Crippen molar-refractivity contribution >= 4 is 17.3 Å². The highest BCUT2D eigenvalue weighted by Crippen LogP contribution is 2.25. The number of carbonyl (C=O) groups is 1. The number of hydrogen-bond donors (Lipinski definition) is 2. The number of amides is 1. The van der Waals surface area contributed by atoms with Crippen molar-refractivity contribution in [2.75, 3.05) is 5.32 Å². The SMILES string of the molecule is Cc1c(NC(=O)c2cccc(=O)[nH]2)cccc1[N+](=O)[O-]. The average Bonchev–Trinajstić information content (AvgIpc) is 2.40. The van der Waals surface area contributed by atoms with Crippen molar-refractivity contribution in [3.8, 4) is 0 Å². The molecule has 0 radical (unpaired) electrons.